The van der Waals surface area contributed by atoms with Gasteiger partial charge in [-0.1, -0.05) is 30.0 Å². The van der Waals surface area contributed by atoms with E-state index >= 15 is 0 Å². The normalized spacial score (nSPS) is 14.2. The standard InChI is InChI=1S/C20H15N5O2S2/c26-19-17-16(12-4-1-2-5-13(12)27-17)21-15(22-19)10-29-20-24-23-18(14-6-3-9-28-14)25(20)11-7-8-11/h1-6,9,11H,7-8,10H2,(H,21,22,26). The molecule has 144 valence electrons. The predicted octanol–water partition coefficient (Wildman–Crippen LogP) is 4.62. The highest BCUT2D eigenvalue weighted by atomic mass is 32.2. The van der Waals surface area contributed by atoms with Crippen molar-refractivity contribution in [2.24, 2.45) is 0 Å². The van der Waals surface area contributed by atoms with E-state index < -0.39 is 0 Å². The van der Waals surface area contributed by atoms with Crippen LogP contribution in [0.15, 0.2) is 56.1 Å². The molecule has 29 heavy (non-hydrogen) atoms. The topological polar surface area (TPSA) is 89.6 Å². The first kappa shape index (κ1) is 17.0. The average Bonchev–Trinajstić information content (AvgIpc) is 3.15. The first-order valence-electron chi connectivity index (χ1n) is 9.30. The maximum absolute atomic E-state index is 12.5. The number of nitrogens with zero attached hydrogens (tertiary/aromatic N) is 4. The second kappa shape index (κ2) is 6.57. The van der Waals surface area contributed by atoms with Gasteiger partial charge in [0.2, 0.25) is 5.58 Å². The number of aromatic amines is 1. The number of aromatic nitrogens is 5. The van der Waals surface area contributed by atoms with Gasteiger partial charge in [0, 0.05) is 11.4 Å². The fourth-order valence-corrected chi connectivity index (χ4v) is 5.04. The van der Waals surface area contributed by atoms with E-state index in [1.807, 2.05) is 35.7 Å². The monoisotopic (exact) mass is 421 g/mol. The molecule has 9 heteroatoms. The number of nitrogens with one attached hydrogen (secondary N) is 1. The minimum Gasteiger partial charge on any atom is -0.449 e. The number of thioether (sulfide) groups is 1. The van der Waals surface area contributed by atoms with Crippen molar-refractivity contribution in [1.82, 2.24) is 24.7 Å². The van der Waals surface area contributed by atoms with Gasteiger partial charge in [-0.3, -0.25) is 9.36 Å². The lowest BCUT2D eigenvalue weighted by atomic mass is 10.2. The molecule has 0 unspecified atom stereocenters. The first-order valence-corrected chi connectivity index (χ1v) is 11.2. The molecule has 1 aromatic carbocycles. The minimum atomic E-state index is -0.260. The summed E-state index contributed by atoms with van der Waals surface area (Å²) in [4.78, 5) is 21.1. The van der Waals surface area contributed by atoms with Crippen molar-refractivity contribution in [3.8, 4) is 10.7 Å². The Bertz CT molecular complexity index is 1400. The maximum Gasteiger partial charge on any atom is 0.294 e. The lowest BCUT2D eigenvalue weighted by Crippen LogP contribution is -2.10. The highest BCUT2D eigenvalue weighted by molar-refractivity contribution is 7.98. The molecule has 4 heterocycles. The quantitative estimate of drug-likeness (QED) is 0.417. The summed E-state index contributed by atoms with van der Waals surface area (Å²) >= 11 is 3.21. The van der Waals surface area contributed by atoms with Crippen LogP contribution in [0.25, 0.3) is 32.8 Å². The Hall–Kier alpha value is -2.91. The van der Waals surface area contributed by atoms with Crippen LogP contribution >= 0.6 is 23.1 Å². The van der Waals surface area contributed by atoms with E-state index in [2.05, 4.69) is 30.8 Å². The fourth-order valence-electron chi connectivity index (χ4n) is 3.46. The number of furan rings is 1. The Labute approximate surface area is 172 Å². The maximum atomic E-state index is 12.5. The number of rotatable bonds is 5. The van der Waals surface area contributed by atoms with Gasteiger partial charge in [-0.25, -0.2) is 4.98 Å². The summed E-state index contributed by atoms with van der Waals surface area (Å²) in [6.07, 6.45) is 2.29. The number of H-pyrrole nitrogens is 1. The zero-order valence-electron chi connectivity index (χ0n) is 15.2. The van der Waals surface area contributed by atoms with E-state index in [9.17, 15) is 4.79 Å². The summed E-state index contributed by atoms with van der Waals surface area (Å²) in [5, 5.41) is 12.6. The zero-order chi connectivity index (χ0) is 19.4. The van der Waals surface area contributed by atoms with Crippen molar-refractivity contribution in [2.45, 2.75) is 29.8 Å². The number of para-hydroxylation sites is 1. The molecule has 1 aliphatic rings. The molecule has 7 nitrogen and oxygen atoms in total. The van der Waals surface area contributed by atoms with E-state index in [1.54, 1.807) is 23.1 Å². The van der Waals surface area contributed by atoms with Crippen LogP contribution in [0.5, 0.6) is 0 Å². The van der Waals surface area contributed by atoms with Crippen LogP contribution in [-0.4, -0.2) is 24.7 Å². The van der Waals surface area contributed by atoms with Crippen molar-refractivity contribution >= 4 is 45.2 Å². The first-order chi connectivity index (χ1) is 14.3. The number of thiophene rings is 1. The van der Waals surface area contributed by atoms with E-state index in [0.29, 0.717) is 28.7 Å². The Morgan fingerprint density at radius 2 is 2.10 bits per heavy atom. The molecule has 5 aromatic rings. The number of benzene rings is 1. The van der Waals surface area contributed by atoms with Gasteiger partial charge in [0.1, 0.15) is 16.9 Å². The van der Waals surface area contributed by atoms with Gasteiger partial charge in [0.15, 0.2) is 11.0 Å². The summed E-state index contributed by atoms with van der Waals surface area (Å²) in [6.45, 7) is 0. The number of fused-ring (bicyclic) bond motifs is 3. The highest BCUT2D eigenvalue weighted by Gasteiger charge is 2.30. The molecule has 0 saturated heterocycles. The Kier molecular flexibility index (Phi) is 3.85. The van der Waals surface area contributed by atoms with Gasteiger partial charge in [-0.05, 0) is 36.4 Å². The number of hydrogen-bond acceptors (Lipinski definition) is 7. The molecular weight excluding hydrogens is 406 g/mol. The molecule has 0 aliphatic heterocycles. The van der Waals surface area contributed by atoms with Gasteiger partial charge in [0.25, 0.3) is 5.56 Å². The van der Waals surface area contributed by atoms with Crippen LogP contribution in [0.1, 0.15) is 24.7 Å². The molecule has 0 bridgehead atoms. The van der Waals surface area contributed by atoms with E-state index in [1.165, 1.54) is 0 Å². The number of hydrogen-bond donors (Lipinski definition) is 1. The summed E-state index contributed by atoms with van der Waals surface area (Å²) in [6, 6.07) is 12.1. The van der Waals surface area contributed by atoms with Crippen molar-refractivity contribution in [3.63, 3.8) is 0 Å². The summed E-state index contributed by atoms with van der Waals surface area (Å²) < 4.78 is 7.89. The molecule has 4 aromatic heterocycles. The lowest BCUT2D eigenvalue weighted by Gasteiger charge is -2.07. The second-order valence-corrected chi connectivity index (χ2v) is 8.85. The van der Waals surface area contributed by atoms with Crippen LogP contribution in [0.2, 0.25) is 0 Å². The molecule has 0 spiro atoms. The van der Waals surface area contributed by atoms with Crippen LogP contribution < -0.4 is 5.56 Å². The highest BCUT2D eigenvalue weighted by Crippen LogP contribution is 2.42. The smallest absolute Gasteiger partial charge is 0.294 e. The van der Waals surface area contributed by atoms with Crippen molar-refractivity contribution in [1.29, 1.82) is 0 Å². The fraction of sp³-hybridized carbons (Fsp3) is 0.200. The van der Waals surface area contributed by atoms with Gasteiger partial charge in [0.05, 0.1) is 10.6 Å². The second-order valence-electron chi connectivity index (χ2n) is 6.96. The van der Waals surface area contributed by atoms with Crippen LogP contribution in [-0.2, 0) is 5.75 Å². The van der Waals surface area contributed by atoms with Crippen molar-refractivity contribution in [2.75, 3.05) is 0 Å². The molecular formula is C20H15N5O2S2. The largest absolute Gasteiger partial charge is 0.449 e. The summed E-state index contributed by atoms with van der Waals surface area (Å²) in [7, 11) is 0. The minimum absolute atomic E-state index is 0.260. The Balaban J connectivity index is 1.35. The molecule has 6 rings (SSSR count). The Morgan fingerprint density at radius 1 is 1.21 bits per heavy atom. The molecule has 1 N–H and O–H groups in total. The SMILES string of the molecule is O=c1[nH]c(CSc2nnc(-c3cccs3)n2C2CC2)nc2c1oc1ccccc12. The molecule has 1 saturated carbocycles. The third-order valence-electron chi connectivity index (χ3n) is 4.94. The third-order valence-corrected chi connectivity index (χ3v) is 6.76. The van der Waals surface area contributed by atoms with Gasteiger partial charge >= 0.3 is 0 Å². The van der Waals surface area contributed by atoms with Gasteiger partial charge < -0.3 is 9.40 Å². The van der Waals surface area contributed by atoms with Crippen LogP contribution in [0.4, 0.5) is 0 Å². The van der Waals surface area contributed by atoms with E-state index in [0.717, 1.165) is 34.1 Å². The van der Waals surface area contributed by atoms with E-state index in [-0.39, 0.29) is 11.1 Å². The molecule has 1 fully saturated rings. The van der Waals surface area contributed by atoms with Crippen molar-refractivity contribution < 1.29 is 4.42 Å². The van der Waals surface area contributed by atoms with Crippen LogP contribution in [0, 0.1) is 0 Å². The average molecular weight is 422 g/mol. The third kappa shape index (κ3) is 2.89. The molecule has 1 aliphatic carbocycles. The predicted molar refractivity (Wildman–Crippen MR) is 113 cm³/mol. The molecule has 0 radical (unpaired) electrons. The Morgan fingerprint density at radius 3 is 2.93 bits per heavy atom. The van der Waals surface area contributed by atoms with Crippen molar-refractivity contribution in [3.05, 3.63) is 58.0 Å². The zero-order valence-corrected chi connectivity index (χ0v) is 16.8. The summed E-state index contributed by atoms with van der Waals surface area (Å²) in [5.41, 5.74) is 1.27. The lowest BCUT2D eigenvalue weighted by molar-refractivity contribution is 0.660. The van der Waals surface area contributed by atoms with Gasteiger partial charge in [-0.15, -0.1) is 21.5 Å². The molecule has 0 atom stereocenters. The van der Waals surface area contributed by atoms with Crippen LogP contribution in [0.3, 0.4) is 0 Å². The molecule has 0 amide bonds. The van der Waals surface area contributed by atoms with Gasteiger partial charge in [-0.2, -0.15) is 0 Å². The summed E-state index contributed by atoms with van der Waals surface area (Å²) in [5.74, 6) is 2.02. The van der Waals surface area contributed by atoms with E-state index in [4.69, 9.17) is 4.42 Å².